The third-order valence-electron chi connectivity index (χ3n) is 2.16. The molecule has 0 aliphatic rings. The van der Waals surface area contributed by atoms with Gasteiger partial charge in [-0.2, -0.15) is 0 Å². The molecule has 0 atom stereocenters. The summed E-state index contributed by atoms with van der Waals surface area (Å²) in [7, 11) is 0. The summed E-state index contributed by atoms with van der Waals surface area (Å²) in [6.07, 6.45) is 3.18. The van der Waals surface area contributed by atoms with E-state index in [0.717, 1.165) is 5.01 Å². The van der Waals surface area contributed by atoms with E-state index in [2.05, 4.69) is 15.3 Å². The van der Waals surface area contributed by atoms with Crippen LogP contribution in [0.2, 0.25) is 0 Å². The Bertz CT molecular complexity index is 551. The average Bonchev–Trinajstić information content (AvgIpc) is 2.89. The fourth-order valence-electron chi connectivity index (χ4n) is 1.26. The van der Waals surface area contributed by atoms with Crippen molar-refractivity contribution in [3.05, 3.63) is 46.2 Å². The maximum Gasteiger partial charge on any atom is 0.270 e. The average molecular weight is 278 g/mol. The summed E-state index contributed by atoms with van der Waals surface area (Å²) in [5.41, 5.74) is 6.41. The van der Waals surface area contributed by atoms with Crippen molar-refractivity contribution >= 4 is 34.5 Å². The molecule has 0 bridgehead atoms. The van der Waals surface area contributed by atoms with Crippen LogP contribution in [0.15, 0.2) is 29.9 Å². The quantitative estimate of drug-likeness (QED) is 0.819. The molecule has 3 N–H and O–H groups in total. The SMILES string of the molecule is NC(=S)c1ccc(C(=O)NCc2nccs2)nc1. The van der Waals surface area contributed by atoms with Crippen LogP contribution in [-0.4, -0.2) is 20.9 Å². The molecule has 2 aromatic rings. The minimum absolute atomic E-state index is 0.250. The summed E-state index contributed by atoms with van der Waals surface area (Å²) < 4.78 is 0. The predicted molar refractivity (Wildman–Crippen MR) is 73.4 cm³/mol. The Kier molecular flexibility index (Phi) is 3.96. The first-order valence-electron chi connectivity index (χ1n) is 5.09. The van der Waals surface area contributed by atoms with Gasteiger partial charge in [0.15, 0.2) is 0 Å². The molecule has 5 nitrogen and oxygen atoms in total. The molecule has 2 aromatic heterocycles. The monoisotopic (exact) mass is 278 g/mol. The molecular formula is C11H10N4OS2. The molecule has 0 fully saturated rings. The van der Waals surface area contributed by atoms with Crippen molar-refractivity contribution in [2.75, 3.05) is 0 Å². The number of nitrogens with two attached hydrogens (primary N) is 1. The van der Waals surface area contributed by atoms with Crippen LogP contribution in [0.3, 0.4) is 0 Å². The van der Waals surface area contributed by atoms with E-state index in [0.29, 0.717) is 17.8 Å². The topological polar surface area (TPSA) is 80.9 Å². The van der Waals surface area contributed by atoms with Gasteiger partial charge >= 0.3 is 0 Å². The molecule has 0 saturated heterocycles. The van der Waals surface area contributed by atoms with Crippen molar-refractivity contribution in [1.82, 2.24) is 15.3 Å². The fraction of sp³-hybridized carbons (Fsp3) is 0.0909. The van der Waals surface area contributed by atoms with Gasteiger partial charge < -0.3 is 11.1 Å². The predicted octanol–water partition coefficient (Wildman–Crippen LogP) is 1.10. The van der Waals surface area contributed by atoms with Gasteiger partial charge in [0.25, 0.3) is 5.91 Å². The van der Waals surface area contributed by atoms with Crippen LogP contribution in [0, 0.1) is 0 Å². The number of hydrogen-bond donors (Lipinski definition) is 2. The van der Waals surface area contributed by atoms with Crippen molar-refractivity contribution in [2.45, 2.75) is 6.54 Å². The molecule has 0 aliphatic carbocycles. The van der Waals surface area contributed by atoms with E-state index in [9.17, 15) is 4.79 Å². The number of amides is 1. The lowest BCUT2D eigenvalue weighted by Gasteiger charge is -2.03. The van der Waals surface area contributed by atoms with Gasteiger partial charge in [-0.15, -0.1) is 11.3 Å². The first-order valence-corrected chi connectivity index (χ1v) is 6.38. The number of thiocarbonyl (C=S) groups is 1. The van der Waals surface area contributed by atoms with E-state index in [1.807, 2.05) is 5.38 Å². The molecule has 7 heteroatoms. The zero-order valence-corrected chi connectivity index (χ0v) is 10.9. The molecule has 92 valence electrons. The molecule has 0 saturated carbocycles. The van der Waals surface area contributed by atoms with Crippen LogP contribution >= 0.6 is 23.6 Å². The number of nitrogens with one attached hydrogen (secondary N) is 1. The standard InChI is InChI=1S/C11H10N4OS2/c12-10(17)7-1-2-8(14-5-7)11(16)15-6-9-13-3-4-18-9/h1-5H,6H2,(H2,12,17)(H,15,16). The van der Waals surface area contributed by atoms with Crippen molar-refractivity contribution in [2.24, 2.45) is 5.73 Å². The van der Waals surface area contributed by atoms with Crippen molar-refractivity contribution in [3.8, 4) is 0 Å². The van der Waals surface area contributed by atoms with Gasteiger partial charge in [-0.1, -0.05) is 12.2 Å². The first-order chi connectivity index (χ1) is 8.66. The van der Waals surface area contributed by atoms with Crippen molar-refractivity contribution in [1.29, 1.82) is 0 Å². The Hall–Kier alpha value is -1.86. The number of aromatic nitrogens is 2. The maximum atomic E-state index is 11.8. The smallest absolute Gasteiger partial charge is 0.270 e. The molecule has 0 spiro atoms. The molecule has 18 heavy (non-hydrogen) atoms. The third-order valence-corrected chi connectivity index (χ3v) is 3.18. The summed E-state index contributed by atoms with van der Waals surface area (Å²) in [4.78, 5) is 20.1. The molecule has 1 amide bonds. The largest absolute Gasteiger partial charge is 0.389 e. The van der Waals surface area contributed by atoms with Crippen LogP contribution < -0.4 is 11.1 Å². The molecular weight excluding hydrogens is 268 g/mol. The second-order valence-corrected chi connectivity index (χ2v) is 4.82. The summed E-state index contributed by atoms with van der Waals surface area (Å²) >= 11 is 6.29. The second kappa shape index (κ2) is 5.65. The van der Waals surface area contributed by atoms with Crippen LogP contribution in [0.5, 0.6) is 0 Å². The number of carbonyl (C=O) groups excluding carboxylic acids is 1. The van der Waals surface area contributed by atoms with Crippen LogP contribution in [0.1, 0.15) is 21.1 Å². The third kappa shape index (κ3) is 3.08. The fourth-order valence-corrected chi connectivity index (χ4v) is 1.94. The highest BCUT2D eigenvalue weighted by Gasteiger charge is 2.08. The van der Waals surface area contributed by atoms with Gasteiger partial charge in [0, 0.05) is 23.3 Å². The molecule has 0 radical (unpaired) electrons. The van der Waals surface area contributed by atoms with E-state index in [1.165, 1.54) is 17.5 Å². The lowest BCUT2D eigenvalue weighted by Crippen LogP contribution is -2.24. The van der Waals surface area contributed by atoms with E-state index in [1.54, 1.807) is 18.3 Å². The van der Waals surface area contributed by atoms with Gasteiger partial charge in [0.1, 0.15) is 15.7 Å². The van der Waals surface area contributed by atoms with Gasteiger partial charge in [-0.3, -0.25) is 9.78 Å². The van der Waals surface area contributed by atoms with E-state index < -0.39 is 0 Å². The number of nitrogens with zero attached hydrogens (tertiary/aromatic N) is 2. The highest BCUT2D eigenvalue weighted by Crippen LogP contribution is 2.04. The summed E-state index contributed by atoms with van der Waals surface area (Å²) in [6, 6.07) is 3.26. The highest BCUT2D eigenvalue weighted by molar-refractivity contribution is 7.80. The normalized spacial score (nSPS) is 10.0. The first kappa shape index (κ1) is 12.6. The molecule has 0 unspecified atom stereocenters. The second-order valence-electron chi connectivity index (χ2n) is 3.40. The Morgan fingerprint density at radius 1 is 1.44 bits per heavy atom. The van der Waals surface area contributed by atoms with Crippen molar-refractivity contribution in [3.63, 3.8) is 0 Å². The summed E-state index contributed by atoms with van der Waals surface area (Å²) in [5.74, 6) is -0.250. The number of carbonyl (C=O) groups is 1. The zero-order valence-electron chi connectivity index (χ0n) is 9.29. The van der Waals surface area contributed by atoms with Crippen molar-refractivity contribution < 1.29 is 4.79 Å². The van der Waals surface area contributed by atoms with E-state index in [4.69, 9.17) is 18.0 Å². The molecule has 2 heterocycles. The van der Waals surface area contributed by atoms with Gasteiger partial charge in [0.2, 0.25) is 0 Å². The Labute approximate surface area is 113 Å². The van der Waals surface area contributed by atoms with Gasteiger partial charge in [-0.05, 0) is 12.1 Å². The van der Waals surface area contributed by atoms with Crippen LogP contribution in [0.25, 0.3) is 0 Å². The zero-order chi connectivity index (χ0) is 13.0. The van der Waals surface area contributed by atoms with Gasteiger partial charge in [0.05, 0.1) is 6.54 Å². The van der Waals surface area contributed by atoms with Crippen LogP contribution in [-0.2, 0) is 6.54 Å². The lowest BCUT2D eigenvalue weighted by molar-refractivity contribution is 0.0946. The summed E-state index contributed by atoms with van der Waals surface area (Å²) in [6.45, 7) is 0.398. The molecule has 2 rings (SSSR count). The Morgan fingerprint density at radius 2 is 2.28 bits per heavy atom. The number of pyridine rings is 1. The minimum atomic E-state index is -0.250. The number of rotatable bonds is 4. The van der Waals surface area contributed by atoms with E-state index >= 15 is 0 Å². The van der Waals surface area contributed by atoms with Crippen LogP contribution in [0.4, 0.5) is 0 Å². The Balaban J connectivity index is 1.98. The van der Waals surface area contributed by atoms with Gasteiger partial charge in [-0.25, -0.2) is 4.98 Å². The Morgan fingerprint density at radius 3 is 2.83 bits per heavy atom. The minimum Gasteiger partial charge on any atom is -0.389 e. The molecule has 0 aliphatic heterocycles. The van der Waals surface area contributed by atoms with E-state index in [-0.39, 0.29) is 10.9 Å². The molecule has 0 aromatic carbocycles. The number of hydrogen-bond acceptors (Lipinski definition) is 5. The summed E-state index contributed by atoms with van der Waals surface area (Å²) in [5, 5.41) is 5.44. The maximum absolute atomic E-state index is 11.8. The highest BCUT2D eigenvalue weighted by atomic mass is 32.1. The lowest BCUT2D eigenvalue weighted by atomic mass is 10.2. The number of thiazole rings is 1.